The molecule has 1 N–H and O–H groups in total. The summed E-state index contributed by atoms with van der Waals surface area (Å²) in [5.41, 5.74) is 5.49. The van der Waals surface area contributed by atoms with Crippen LogP contribution in [0.5, 0.6) is 11.5 Å². The van der Waals surface area contributed by atoms with E-state index in [2.05, 4.69) is 24.4 Å². The first-order valence-electron chi connectivity index (χ1n) is 9.92. The monoisotopic (exact) mass is 402 g/mol. The van der Waals surface area contributed by atoms with Crippen molar-refractivity contribution in [1.29, 1.82) is 0 Å². The molecule has 0 unspecified atom stereocenters. The molecule has 0 bridgehead atoms. The van der Waals surface area contributed by atoms with Crippen molar-refractivity contribution in [3.05, 3.63) is 95.6 Å². The maximum atomic E-state index is 12.0. The number of rotatable bonds is 9. The first kappa shape index (κ1) is 21.1. The van der Waals surface area contributed by atoms with Crippen LogP contribution in [0.3, 0.4) is 0 Å². The molecule has 0 atom stereocenters. The van der Waals surface area contributed by atoms with Crippen LogP contribution in [0.2, 0.25) is 0 Å². The Balaban J connectivity index is 1.48. The highest BCUT2D eigenvalue weighted by Gasteiger charge is 2.08. The van der Waals surface area contributed by atoms with E-state index in [0.717, 1.165) is 28.2 Å². The minimum atomic E-state index is -0.318. The molecule has 30 heavy (non-hydrogen) atoms. The Hall–Kier alpha value is -3.60. The fourth-order valence-electron chi connectivity index (χ4n) is 2.87. The van der Waals surface area contributed by atoms with Crippen LogP contribution in [0.15, 0.2) is 84.0 Å². The lowest BCUT2D eigenvalue weighted by atomic mass is 10.0. The number of benzene rings is 3. The van der Waals surface area contributed by atoms with Gasteiger partial charge in [0.1, 0.15) is 18.1 Å². The number of ether oxygens (including phenoxy) is 2. The Bertz CT molecular complexity index is 984. The zero-order valence-corrected chi connectivity index (χ0v) is 17.2. The zero-order valence-electron chi connectivity index (χ0n) is 17.2. The molecule has 5 heteroatoms. The van der Waals surface area contributed by atoms with Crippen LogP contribution in [0.4, 0.5) is 0 Å². The van der Waals surface area contributed by atoms with Crippen molar-refractivity contribution in [1.82, 2.24) is 5.43 Å². The van der Waals surface area contributed by atoms with E-state index in [0.29, 0.717) is 12.5 Å². The fraction of sp³-hybridized carbons (Fsp3) is 0.200. The number of nitrogens with one attached hydrogen (secondary N) is 1. The van der Waals surface area contributed by atoms with Crippen LogP contribution >= 0.6 is 0 Å². The lowest BCUT2D eigenvalue weighted by molar-refractivity contribution is -0.123. The van der Waals surface area contributed by atoms with E-state index in [1.54, 1.807) is 6.21 Å². The van der Waals surface area contributed by atoms with Crippen LogP contribution < -0.4 is 14.9 Å². The van der Waals surface area contributed by atoms with Crippen molar-refractivity contribution in [2.45, 2.75) is 26.4 Å². The minimum absolute atomic E-state index is 0.0959. The van der Waals surface area contributed by atoms with Crippen molar-refractivity contribution in [2.24, 2.45) is 5.10 Å². The third-order valence-corrected chi connectivity index (χ3v) is 4.41. The Morgan fingerprint density at radius 3 is 2.53 bits per heavy atom. The van der Waals surface area contributed by atoms with Crippen molar-refractivity contribution in [3.8, 4) is 11.5 Å². The molecule has 1 amide bonds. The molecule has 0 spiro atoms. The predicted octanol–water partition coefficient (Wildman–Crippen LogP) is 4.92. The molecule has 0 fully saturated rings. The molecule has 3 aromatic rings. The van der Waals surface area contributed by atoms with Crippen molar-refractivity contribution in [3.63, 3.8) is 0 Å². The summed E-state index contributed by atoms with van der Waals surface area (Å²) >= 11 is 0. The Morgan fingerprint density at radius 2 is 1.73 bits per heavy atom. The van der Waals surface area contributed by atoms with E-state index in [1.807, 2.05) is 78.9 Å². The van der Waals surface area contributed by atoms with Gasteiger partial charge in [-0.3, -0.25) is 4.79 Å². The van der Waals surface area contributed by atoms with Gasteiger partial charge in [-0.15, -0.1) is 0 Å². The molecule has 154 valence electrons. The van der Waals surface area contributed by atoms with Crippen LogP contribution in [-0.2, 0) is 11.4 Å². The van der Waals surface area contributed by atoms with Gasteiger partial charge in [-0.1, -0.05) is 74.5 Å². The molecule has 0 radical (unpaired) electrons. The molecule has 5 nitrogen and oxygen atoms in total. The van der Waals surface area contributed by atoms with Gasteiger partial charge >= 0.3 is 0 Å². The SMILES string of the molecule is CC(C)c1ccccc1OCC(=O)N/N=C/c1cccc(OCc2ccccc2)c1. The van der Waals surface area contributed by atoms with Gasteiger partial charge in [-0.25, -0.2) is 5.43 Å². The molecule has 3 rings (SSSR count). The van der Waals surface area contributed by atoms with Crippen LogP contribution in [0.25, 0.3) is 0 Å². The Labute approximate surface area is 177 Å². The average molecular weight is 402 g/mol. The first-order valence-corrected chi connectivity index (χ1v) is 9.92. The number of nitrogens with zero attached hydrogens (tertiary/aromatic N) is 1. The highest BCUT2D eigenvalue weighted by atomic mass is 16.5. The summed E-state index contributed by atoms with van der Waals surface area (Å²) in [5.74, 6) is 1.46. The second-order valence-electron chi connectivity index (χ2n) is 7.12. The largest absolute Gasteiger partial charge is 0.489 e. The molecule has 0 aliphatic carbocycles. The van der Waals surface area contributed by atoms with Gasteiger partial charge in [0.25, 0.3) is 5.91 Å². The number of hydrazone groups is 1. The lowest BCUT2D eigenvalue weighted by Gasteiger charge is -2.13. The summed E-state index contributed by atoms with van der Waals surface area (Å²) in [6, 6.07) is 25.2. The average Bonchev–Trinajstić information content (AvgIpc) is 2.77. The second-order valence-corrected chi connectivity index (χ2v) is 7.12. The van der Waals surface area contributed by atoms with E-state index in [1.165, 1.54) is 0 Å². The van der Waals surface area contributed by atoms with E-state index >= 15 is 0 Å². The number of carbonyl (C=O) groups is 1. The third-order valence-electron chi connectivity index (χ3n) is 4.41. The van der Waals surface area contributed by atoms with E-state index in [9.17, 15) is 4.79 Å². The van der Waals surface area contributed by atoms with E-state index in [4.69, 9.17) is 9.47 Å². The Morgan fingerprint density at radius 1 is 0.967 bits per heavy atom. The quantitative estimate of drug-likeness (QED) is 0.408. The minimum Gasteiger partial charge on any atom is -0.489 e. The lowest BCUT2D eigenvalue weighted by Crippen LogP contribution is -2.24. The van der Waals surface area contributed by atoms with Gasteiger partial charge in [0.2, 0.25) is 0 Å². The van der Waals surface area contributed by atoms with Crippen molar-refractivity contribution in [2.75, 3.05) is 6.61 Å². The van der Waals surface area contributed by atoms with Crippen molar-refractivity contribution >= 4 is 12.1 Å². The number of hydrogen-bond acceptors (Lipinski definition) is 4. The maximum Gasteiger partial charge on any atom is 0.277 e. The second kappa shape index (κ2) is 10.8. The summed E-state index contributed by atoms with van der Waals surface area (Å²) in [5, 5.41) is 4.01. The molecule has 0 aliphatic heterocycles. The molecular formula is C25H26N2O3. The Kier molecular flexibility index (Phi) is 7.61. The first-order chi connectivity index (χ1) is 14.6. The smallest absolute Gasteiger partial charge is 0.277 e. The molecule has 0 saturated heterocycles. The number of amides is 1. The highest BCUT2D eigenvalue weighted by molar-refractivity contribution is 5.83. The zero-order chi connectivity index (χ0) is 21.2. The van der Waals surface area contributed by atoms with Gasteiger partial charge < -0.3 is 9.47 Å². The summed E-state index contributed by atoms with van der Waals surface area (Å²) < 4.78 is 11.5. The van der Waals surface area contributed by atoms with Crippen molar-refractivity contribution < 1.29 is 14.3 Å². The fourth-order valence-corrected chi connectivity index (χ4v) is 2.87. The molecule has 0 aromatic heterocycles. The molecule has 3 aromatic carbocycles. The maximum absolute atomic E-state index is 12.0. The predicted molar refractivity (Wildman–Crippen MR) is 119 cm³/mol. The van der Waals surface area contributed by atoms with Gasteiger partial charge in [0.15, 0.2) is 6.61 Å². The normalized spacial score (nSPS) is 10.9. The third kappa shape index (κ3) is 6.48. The summed E-state index contributed by atoms with van der Waals surface area (Å²) in [7, 11) is 0. The summed E-state index contributed by atoms with van der Waals surface area (Å²) in [6.45, 7) is 4.57. The van der Waals surface area contributed by atoms with Gasteiger partial charge in [-0.05, 0) is 40.8 Å². The van der Waals surface area contributed by atoms with Crippen LogP contribution in [0.1, 0.15) is 36.5 Å². The van der Waals surface area contributed by atoms with Crippen LogP contribution in [-0.4, -0.2) is 18.7 Å². The van der Waals surface area contributed by atoms with Crippen LogP contribution in [0, 0.1) is 0 Å². The van der Waals surface area contributed by atoms with Gasteiger partial charge in [-0.2, -0.15) is 5.10 Å². The number of para-hydroxylation sites is 1. The summed E-state index contributed by atoms with van der Waals surface area (Å²) in [6.07, 6.45) is 1.58. The van der Waals surface area contributed by atoms with E-state index < -0.39 is 0 Å². The molecule has 0 heterocycles. The molecular weight excluding hydrogens is 376 g/mol. The standard InChI is InChI=1S/C25H26N2O3/c1-19(2)23-13-6-7-14-24(23)30-18-25(28)27-26-16-21-11-8-12-22(15-21)29-17-20-9-4-3-5-10-20/h3-16,19H,17-18H2,1-2H3,(H,27,28)/b26-16+. The number of carbonyl (C=O) groups excluding carboxylic acids is 1. The van der Waals surface area contributed by atoms with E-state index in [-0.39, 0.29) is 12.5 Å². The van der Waals surface area contributed by atoms with Gasteiger partial charge in [0, 0.05) is 0 Å². The molecule has 0 aliphatic rings. The van der Waals surface area contributed by atoms with Gasteiger partial charge in [0.05, 0.1) is 6.21 Å². The highest BCUT2D eigenvalue weighted by Crippen LogP contribution is 2.25. The summed E-state index contributed by atoms with van der Waals surface area (Å²) in [4.78, 5) is 12.0. The number of hydrogen-bond donors (Lipinski definition) is 1. The molecule has 0 saturated carbocycles. The topological polar surface area (TPSA) is 59.9 Å².